The molecule has 0 aliphatic heterocycles. The molecule has 0 saturated carbocycles. The summed E-state index contributed by atoms with van der Waals surface area (Å²) in [5.74, 6) is 0. The van der Waals surface area contributed by atoms with Gasteiger partial charge in [0.15, 0.2) is 0 Å². The van der Waals surface area contributed by atoms with E-state index in [4.69, 9.17) is 0 Å². The topological polar surface area (TPSA) is 0 Å². The summed E-state index contributed by atoms with van der Waals surface area (Å²) in [6.07, 6.45) is 0. The molecule has 0 N–H and O–H groups in total. The summed E-state index contributed by atoms with van der Waals surface area (Å²) < 4.78 is 1.47. The molecule has 3 aromatic carbocycles. The van der Waals surface area contributed by atoms with E-state index >= 15 is 0 Å². The average Bonchev–Trinajstić information content (AvgIpc) is 2.64. The van der Waals surface area contributed by atoms with Gasteiger partial charge >= 0.3 is 0 Å². The van der Waals surface area contributed by atoms with E-state index in [1.165, 1.54) is 19.5 Å². The summed E-state index contributed by atoms with van der Waals surface area (Å²) >= 11 is 2.63. The molecule has 0 fully saturated rings. The Kier molecular flexibility index (Phi) is 6.30. The van der Waals surface area contributed by atoms with Crippen molar-refractivity contribution in [2.45, 2.75) is 38.9 Å². The predicted octanol–water partition coefficient (Wildman–Crippen LogP) is 5.76. The third kappa shape index (κ3) is 4.23. The van der Waals surface area contributed by atoms with Gasteiger partial charge in [-0.25, -0.2) is 0 Å². The molecule has 0 radical (unpaired) electrons. The van der Waals surface area contributed by atoms with Gasteiger partial charge in [0.2, 0.25) is 0 Å². The number of hydrogen-bond acceptors (Lipinski definition) is 0. The molecule has 3 rings (SSSR count). The van der Waals surface area contributed by atoms with Crippen LogP contribution in [-0.4, -0.2) is 8.07 Å². The van der Waals surface area contributed by atoms with Crippen LogP contribution in [0.2, 0.25) is 18.1 Å². The highest BCUT2D eigenvalue weighted by molar-refractivity contribution is 14.1. The van der Waals surface area contributed by atoms with Crippen LogP contribution in [0, 0.1) is 3.57 Å². The van der Waals surface area contributed by atoms with Crippen LogP contribution in [0.5, 0.6) is 0 Å². The van der Waals surface area contributed by atoms with Crippen molar-refractivity contribution in [3.05, 3.63) is 82.4 Å². The lowest BCUT2D eigenvalue weighted by Crippen LogP contribution is -2.52. The van der Waals surface area contributed by atoms with Gasteiger partial charge in [0.1, 0.15) is 0 Å². The molecule has 0 aromatic heterocycles. The van der Waals surface area contributed by atoms with Crippen LogP contribution in [-0.2, 0) is 0 Å². The van der Waals surface area contributed by atoms with E-state index in [1.54, 1.807) is 5.19 Å². The molecule has 140 valence electrons. The van der Waals surface area contributed by atoms with Gasteiger partial charge in [0.05, 0.1) is 8.07 Å². The maximum atomic E-state index is 2.63. The zero-order valence-electron chi connectivity index (χ0n) is 16.8. The van der Waals surface area contributed by atoms with Gasteiger partial charge in [-0.05, 0) is 56.7 Å². The molecule has 3 aromatic rings. The van der Waals surface area contributed by atoms with E-state index in [9.17, 15) is 0 Å². The largest absolute Gasteiger partial charge is 0.0873 e. The Labute approximate surface area is 180 Å². The van der Waals surface area contributed by atoms with E-state index in [2.05, 4.69) is 135 Å². The maximum Gasteiger partial charge on any atom is 0.0873 e. The van der Waals surface area contributed by atoms with Crippen molar-refractivity contribution in [3.63, 3.8) is 0 Å². The van der Waals surface area contributed by atoms with Gasteiger partial charge in [0, 0.05) is 3.57 Å². The molecule has 0 atom stereocenters. The molecule has 0 heterocycles. The highest BCUT2D eigenvalue weighted by atomic mass is 127. The Morgan fingerprint density at radius 3 is 1.63 bits per heavy atom. The molecule has 0 spiro atoms. The Hall–Kier alpha value is -0.963. The SMILES string of the molecule is CC(C)(C)[Si](C)(C)c1cccc(P(c2ccccc2)c2ccccc2)c1I. The zero-order chi connectivity index (χ0) is 19.7. The Balaban J connectivity index is 2.22. The van der Waals surface area contributed by atoms with E-state index in [0.29, 0.717) is 5.04 Å². The van der Waals surface area contributed by atoms with Crippen molar-refractivity contribution < 1.29 is 0 Å². The summed E-state index contributed by atoms with van der Waals surface area (Å²) in [7, 11) is -2.15. The molecule has 0 amide bonds. The van der Waals surface area contributed by atoms with E-state index in [0.717, 1.165) is 0 Å². The van der Waals surface area contributed by atoms with Gasteiger partial charge in [0.25, 0.3) is 0 Å². The van der Waals surface area contributed by atoms with Crippen molar-refractivity contribution >= 4 is 59.7 Å². The summed E-state index contributed by atoms with van der Waals surface area (Å²) in [5, 5.41) is 6.25. The number of hydrogen-bond donors (Lipinski definition) is 0. The third-order valence-electron chi connectivity index (χ3n) is 5.80. The second-order valence-electron chi connectivity index (χ2n) is 8.52. The van der Waals surface area contributed by atoms with Crippen LogP contribution >= 0.6 is 30.5 Å². The molecule has 0 aliphatic rings. The van der Waals surface area contributed by atoms with Gasteiger partial charge in [-0.2, -0.15) is 0 Å². The average molecular weight is 502 g/mol. The third-order valence-corrected chi connectivity index (χ3v) is 15.9. The Morgan fingerprint density at radius 2 is 1.19 bits per heavy atom. The fourth-order valence-electron chi connectivity index (χ4n) is 3.16. The lowest BCUT2D eigenvalue weighted by molar-refractivity contribution is 0.729. The Morgan fingerprint density at radius 1 is 0.704 bits per heavy atom. The van der Waals surface area contributed by atoms with Crippen LogP contribution in [0.3, 0.4) is 0 Å². The summed E-state index contributed by atoms with van der Waals surface area (Å²) in [4.78, 5) is 0. The molecule has 0 unspecified atom stereocenters. The van der Waals surface area contributed by atoms with Crippen molar-refractivity contribution in [2.24, 2.45) is 0 Å². The fraction of sp³-hybridized carbons (Fsp3) is 0.250. The van der Waals surface area contributed by atoms with Crippen molar-refractivity contribution in [2.75, 3.05) is 0 Å². The molecule has 27 heavy (non-hydrogen) atoms. The summed E-state index contributed by atoms with van der Waals surface area (Å²) in [5.41, 5.74) is 0. The first kappa shape index (κ1) is 20.8. The first-order valence-corrected chi connectivity index (χ1v) is 14.8. The highest BCUT2D eigenvalue weighted by Crippen LogP contribution is 2.38. The lowest BCUT2D eigenvalue weighted by Gasteiger charge is -2.38. The number of rotatable bonds is 4. The second-order valence-corrected chi connectivity index (χ2v) is 17.1. The van der Waals surface area contributed by atoms with Gasteiger partial charge in [-0.15, -0.1) is 0 Å². The van der Waals surface area contributed by atoms with Gasteiger partial charge < -0.3 is 0 Å². The monoisotopic (exact) mass is 502 g/mol. The smallest absolute Gasteiger partial charge is 0.0650 e. The van der Waals surface area contributed by atoms with Crippen LogP contribution in [0.15, 0.2) is 78.9 Å². The van der Waals surface area contributed by atoms with Crippen LogP contribution < -0.4 is 21.1 Å². The Bertz CT molecular complexity index is 859. The highest BCUT2D eigenvalue weighted by Gasteiger charge is 2.39. The quantitative estimate of drug-likeness (QED) is 0.242. The van der Waals surface area contributed by atoms with Crippen LogP contribution in [0.1, 0.15) is 20.8 Å². The van der Waals surface area contributed by atoms with Crippen molar-refractivity contribution in [3.8, 4) is 0 Å². The number of benzene rings is 3. The standard InChI is InChI=1S/C24H28IPSi/c1-24(2,3)27(4,5)22-18-12-17-21(23(22)25)26(19-13-8-6-9-14-19)20-15-10-7-11-16-20/h6-18H,1-5H3. The van der Waals surface area contributed by atoms with Gasteiger partial charge in [-0.1, -0.05) is 113 Å². The van der Waals surface area contributed by atoms with E-state index in [1.807, 2.05) is 0 Å². The first-order chi connectivity index (χ1) is 12.7. The minimum Gasteiger partial charge on any atom is -0.0650 e. The second kappa shape index (κ2) is 8.19. The fourth-order valence-corrected chi connectivity index (χ4v) is 10.7. The van der Waals surface area contributed by atoms with Crippen molar-refractivity contribution in [1.82, 2.24) is 0 Å². The maximum absolute atomic E-state index is 2.63. The lowest BCUT2D eigenvalue weighted by atomic mass is 10.2. The summed E-state index contributed by atoms with van der Waals surface area (Å²) in [6.45, 7) is 12.2. The van der Waals surface area contributed by atoms with Crippen molar-refractivity contribution in [1.29, 1.82) is 0 Å². The molecular formula is C24H28IPSi. The van der Waals surface area contributed by atoms with Crippen LogP contribution in [0.4, 0.5) is 0 Å². The van der Waals surface area contributed by atoms with Crippen LogP contribution in [0.25, 0.3) is 0 Å². The molecule has 0 saturated heterocycles. The number of halogens is 1. The normalized spacial score (nSPS) is 12.4. The van der Waals surface area contributed by atoms with E-state index in [-0.39, 0.29) is 0 Å². The minimum atomic E-state index is -1.60. The van der Waals surface area contributed by atoms with Gasteiger partial charge in [-0.3, -0.25) is 0 Å². The van der Waals surface area contributed by atoms with E-state index < -0.39 is 16.0 Å². The molecule has 0 aliphatic carbocycles. The zero-order valence-corrected chi connectivity index (χ0v) is 20.9. The molecular weight excluding hydrogens is 474 g/mol. The first-order valence-electron chi connectivity index (χ1n) is 9.43. The molecule has 3 heteroatoms. The predicted molar refractivity (Wildman–Crippen MR) is 135 cm³/mol. The minimum absolute atomic E-state index is 0.327. The molecule has 0 nitrogen and oxygen atoms in total. The summed E-state index contributed by atoms with van der Waals surface area (Å²) in [6, 6.07) is 29.0. The molecule has 0 bridgehead atoms.